The number of nitrogens with one attached hydrogen (secondary N) is 1. The molecular formula is C17H30N2O2. The first-order valence-electron chi connectivity index (χ1n) is 8.33. The molecule has 0 aromatic rings. The molecule has 1 rings (SSSR count). The number of carbonyl (C=O) groups is 2. The van der Waals surface area contributed by atoms with Crippen LogP contribution in [-0.4, -0.2) is 36.3 Å². The molecule has 0 aliphatic heterocycles. The van der Waals surface area contributed by atoms with Crippen molar-refractivity contribution in [2.75, 3.05) is 19.6 Å². The van der Waals surface area contributed by atoms with Gasteiger partial charge in [-0.2, -0.15) is 0 Å². The van der Waals surface area contributed by atoms with Crippen molar-refractivity contribution < 1.29 is 9.59 Å². The summed E-state index contributed by atoms with van der Waals surface area (Å²) >= 11 is 0. The number of allylic oxidation sites excluding steroid dienone is 1. The van der Waals surface area contributed by atoms with Crippen LogP contribution in [0.1, 0.15) is 65.2 Å². The first-order valence-corrected chi connectivity index (χ1v) is 8.33. The lowest BCUT2D eigenvalue weighted by Crippen LogP contribution is -2.40. The number of hydrogen-bond acceptors (Lipinski definition) is 2. The molecule has 21 heavy (non-hydrogen) atoms. The average molecular weight is 294 g/mol. The Hall–Kier alpha value is -1.32. The molecule has 0 fully saturated rings. The third kappa shape index (κ3) is 7.88. The van der Waals surface area contributed by atoms with Crippen molar-refractivity contribution in [3.8, 4) is 0 Å². The SMILES string of the molecule is CCCCCNC(=O)CN(CCC1=CCCCC1)C(C)=O. The summed E-state index contributed by atoms with van der Waals surface area (Å²) in [5.41, 5.74) is 1.44. The van der Waals surface area contributed by atoms with Gasteiger partial charge in [0.05, 0.1) is 6.54 Å². The van der Waals surface area contributed by atoms with Crippen molar-refractivity contribution in [1.82, 2.24) is 10.2 Å². The van der Waals surface area contributed by atoms with Gasteiger partial charge in [0.2, 0.25) is 11.8 Å². The number of rotatable bonds is 9. The zero-order valence-corrected chi connectivity index (χ0v) is 13.6. The van der Waals surface area contributed by atoms with E-state index in [0.29, 0.717) is 13.1 Å². The first kappa shape index (κ1) is 17.7. The standard InChI is InChI=1S/C17H30N2O2/c1-3-4-8-12-18-17(21)14-19(15(2)20)13-11-16-9-6-5-7-10-16/h9H,3-8,10-14H2,1-2H3,(H,18,21). The van der Waals surface area contributed by atoms with Gasteiger partial charge in [-0.15, -0.1) is 0 Å². The summed E-state index contributed by atoms with van der Waals surface area (Å²) in [6, 6.07) is 0. The van der Waals surface area contributed by atoms with Crippen LogP contribution in [0, 0.1) is 0 Å². The van der Waals surface area contributed by atoms with Crippen molar-refractivity contribution in [3.63, 3.8) is 0 Å². The fraction of sp³-hybridized carbons (Fsp3) is 0.765. The van der Waals surface area contributed by atoms with E-state index in [9.17, 15) is 9.59 Å². The van der Waals surface area contributed by atoms with Gasteiger partial charge in [-0.3, -0.25) is 9.59 Å². The van der Waals surface area contributed by atoms with Crippen molar-refractivity contribution in [3.05, 3.63) is 11.6 Å². The Morgan fingerprint density at radius 3 is 2.71 bits per heavy atom. The normalized spacial score (nSPS) is 14.5. The van der Waals surface area contributed by atoms with Crippen LogP contribution < -0.4 is 5.32 Å². The van der Waals surface area contributed by atoms with E-state index >= 15 is 0 Å². The van der Waals surface area contributed by atoms with E-state index < -0.39 is 0 Å². The number of unbranched alkanes of at least 4 members (excludes halogenated alkanes) is 2. The smallest absolute Gasteiger partial charge is 0.239 e. The van der Waals surface area contributed by atoms with Gasteiger partial charge in [-0.05, 0) is 38.5 Å². The molecule has 0 atom stereocenters. The number of nitrogens with zero attached hydrogens (tertiary/aromatic N) is 1. The van der Waals surface area contributed by atoms with Crippen molar-refractivity contribution in [1.29, 1.82) is 0 Å². The van der Waals surface area contributed by atoms with Gasteiger partial charge in [-0.25, -0.2) is 0 Å². The molecule has 0 spiro atoms. The highest BCUT2D eigenvalue weighted by atomic mass is 16.2. The topological polar surface area (TPSA) is 49.4 Å². The van der Waals surface area contributed by atoms with Crippen LogP contribution in [0.3, 0.4) is 0 Å². The molecule has 4 nitrogen and oxygen atoms in total. The molecule has 1 N–H and O–H groups in total. The Morgan fingerprint density at radius 1 is 1.29 bits per heavy atom. The molecule has 0 saturated carbocycles. The Bertz CT molecular complexity index is 364. The van der Waals surface area contributed by atoms with Crippen LogP contribution in [0.25, 0.3) is 0 Å². The third-order valence-corrected chi connectivity index (χ3v) is 3.97. The summed E-state index contributed by atoms with van der Waals surface area (Å²) in [5.74, 6) is -0.0611. The second-order valence-corrected chi connectivity index (χ2v) is 5.86. The van der Waals surface area contributed by atoms with E-state index in [1.807, 2.05) is 0 Å². The Kier molecular flexibility index (Phi) is 8.79. The summed E-state index contributed by atoms with van der Waals surface area (Å²) in [7, 11) is 0. The molecule has 0 radical (unpaired) electrons. The van der Waals surface area contributed by atoms with E-state index in [1.165, 1.54) is 18.4 Å². The first-order chi connectivity index (χ1) is 10.1. The maximum atomic E-state index is 11.9. The fourth-order valence-corrected chi connectivity index (χ4v) is 2.59. The lowest BCUT2D eigenvalue weighted by Gasteiger charge is -2.22. The summed E-state index contributed by atoms with van der Waals surface area (Å²) in [6.07, 6.45) is 11.3. The molecule has 1 aliphatic rings. The summed E-state index contributed by atoms with van der Waals surface area (Å²) in [4.78, 5) is 25.2. The van der Waals surface area contributed by atoms with Crippen LogP contribution in [-0.2, 0) is 9.59 Å². The van der Waals surface area contributed by atoms with Crippen LogP contribution in [0.2, 0.25) is 0 Å². The maximum Gasteiger partial charge on any atom is 0.239 e. The molecule has 4 heteroatoms. The van der Waals surface area contributed by atoms with Crippen molar-refractivity contribution in [2.45, 2.75) is 65.2 Å². The zero-order valence-electron chi connectivity index (χ0n) is 13.6. The number of amides is 2. The lowest BCUT2D eigenvalue weighted by atomic mass is 9.97. The molecule has 0 saturated heterocycles. The summed E-state index contributed by atoms with van der Waals surface area (Å²) in [5, 5.41) is 2.89. The minimum Gasteiger partial charge on any atom is -0.355 e. The van der Waals surface area contributed by atoms with E-state index in [0.717, 1.165) is 38.5 Å². The molecule has 0 aromatic carbocycles. The minimum absolute atomic E-state index is 0.0184. The molecule has 2 amide bonds. The molecule has 0 aromatic heterocycles. The van der Waals surface area contributed by atoms with Crippen molar-refractivity contribution in [2.24, 2.45) is 0 Å². The van der Waals surface area contributed by atoms with Crippen LogP contribution >= 0.6 is 0 Å². The van der Waals surface area contributed by atoms with Gasteiger partial charge >= 0.3 is 0 Å². The minimum atomic E-state index is -0.0427. The van der Waals surface area contributed by atoms with Gasteiger partial charge in [0.1, 0.15) is 0 Å². The molecule has 120 valence electrons. The Labute approximate surface area is 129 Å². The van der Waals surface area contributed by atoms with Gasteiger partial charge in [-0.1, -0.05) is 31.4 Å². The Morgan fingerprint density at radius 2 is 2.10 bits per heavy atom. The number of carbonyl (C=O) groups excluding carboxylic acids is 2. The molecule has 1 aliphatic carbocycles. The van der Waals surface area contributed by atoms with E-state index in [1.54, 1.807) is 11.8 Å². The van der Waals surface area contributed by atoms with Crippen LogP contribution in [0.5, 0.6) is 0 Å². The second kappa shape index (κ2) is 10.4. The average Bonchev–Trinajstić information content (AvgIpc) is 2.48. The summed E-state index contributed by atoms with van der Waals surface area (Å²) < 4.78 is 0. The van der Waals surface area contributed by atoms with Crippen LogP contribution in [0.4, 0.5) is 0 Å². The lowest BCUT2D eigenvalue weighted by molar-refractivity contribution is -0.134. The number of hydrogen-bond donors (Lipinski definition) is 1. The second-order valence-electron chi connectivity index (χ2n) is 5.86. The van der Waals surface area contributed by atoms with E-state index in [-0.39, 0.29) is 18.4 Å². The van der Waals surface area contributed by atoms with Crippen LogP contribution in [0.15, 0.2) is 11.6 Å². The molecule has 0 heterocycles. The van der Waals surface area contributed by atoms with Gasteiger partial charge in [0.15, 0.2) is 0 Å². The third-order valence-electron chi connectivity index (χ3n) is 3.97. The van der Waals surface area contributed by atoms with E-state index in [4.69, 9.17) is 0 Å². The Balaban J connectivity index is 2.30. The van der Waals surface area contributed by atoms with Gasteiger partial charge < -0.3 is 10.2 Å². The van der Waals surface area contributed by atoms with Crippen molar-refractivity contribution >= 4 is 11.8 Å². The highest BCUT2D eigenvalue weighted by Gasteiger charge is 2.14. The zero-order chi connectivity index (χ0) is 15.5. The predicted octanol–water partition coefficient (Wildman–Crippen LogP) is 3.03. The van der Waals surface area contributed by atoms with Gasteiger partial charge in [0, 0.05) is 20.0 Å². The molecule has 0 bridgehead atoms. The largest absolute Gasteiger partial charge is 0.355 e. The fourth-order valence-electron chi connectivity index (χ4n) is 2.59. The van der Waals surface area contributed by atoms with E-state index in [2.05, 4.69) is 18.3 Å². The highest BCUT2D eigenvalue weighted by Crippen LogP contribution is 2.20. The maximum absolute atomic E-state index is 11.9. The monoisotopic (exact) mass is 294 g/mol. The quantitative estimate of drug-likeness (QED) is 0.525. The molecule has 0 unspecified atom stereocenters. The van der Waals surface area contributed by atoms with Gasteiger partial charge in [0.25, 0.3) is 0 Å². The summed E-state index contributed by atoms with van der Waals surface area (Å²) in [6.45, 7) is 5.24. The predicted molar refractivity (Wildman–Crippen MR) is 86.0 cm³/mol. The molecular weight excluding hydrogens is 264 g/mol. The highest BCUT2D eigenvalue weighted by molar-refractivity contribution is 5.83.